The van der Waals surface area contributed by atoms with Crippen molar-refractivity contribution in [1.82, 2.24) is 0 Å². The van der Waals surface area contributed by atoms with Gasteiger partial charge in [0.15, 0.2) is 0 Å². The third-order valence-electron chi connectivity index (χ3n) is 2.50. The molecule has 68 valence electrons. The van der Waals surface area contributed by atoms with E-state index in [4.69, 9.17) is 0 Å². The van der Waals surface area contributed by atoms with Crippen molar-refractivity contribution in [3.8, 4) is 0 Å². The van der Waals surface area contributed by atoms with Crippen molar-refractivity contribution in [2.45, 2.75) is 26.2 Å². The molecule has 2 rings (SSSR count). The fraction of sp³-hybridized carbons (Fsp3) is 0.333. The lowest BCUT2D eigenvalue weighted by molar-refractivity contribution is 0.685. The second kappa shape index (κ2) is 2.85. The minimum Gasteiger partial charge on any atom is -0.147 e. The molecule has 1 heterocycles. The average Bonchev–Trinajstić information content (AvgIpc) is 2.34. The molecule has 0 amide bonds. The van der Waals surface area contributed by atoms with Crippen LogP contribution in [0.4, 0.5) is 0 Å². The summed E-state index contributed by atoms with van der Waals surface area (Å²) in [5, 5.41) is 2.25. The van der Waals surface area contributed by atoms with Gasteiger partial charge in [-0.25, -0.2) is 0 Å². The van der Waals surface area contributed by atoms with E-state index in [0.29, 0.717) is 0 Å². The summed E-state index contributed by atoms with van der Waals surface area (Å²) in [6.45, 7) is 6.72. The fourth-order valence-electron chi connectivity index (χ4n) is 1.68. The smallest absolute Gasteiger partial charge is 0.0214 e. The zero-order valence-electron chi connectivity index (χ0n) is 8.29. The van der Waals surface area contributed by atoms with Gasteiger partial charge in [0.05, 0.1) is 0 Å². The molecular weight excluding hydrogens is 176 g/mol. The number of rotatable bonds is 0. The maximum Gasteiger partial charge on any atom is 0.0214 e. The van der Waals surface area contributed by atoms with Crippen LogP contribution in [0.15, 0.2) is 23.6 Å². The molecule has 0 fully saturated rings. The van der Waals surface area contributed by atoms with Crippen LogP contribution in [0.2, 0.25) is 0 Å². The van der Waals surface area contributed by atoms with Gasteiger partial charge in [0.2, 0.25) is 0 Å². The highest BCUT2D eigenvalue weighted by molar-refractivity contribution is 7.10. The zero-order valence-corrected chi connectivity index (χ0v) is 9.11. The van der Waals surface area contributed by atoms with E-state index < -0.39 is 0 Å². The van der Waals surface area contributed by atoms with E-state index in [1.807, 2.05) is 11.3 Å². The van der Waals surface area contributed by atoms with Gasteiger partial charge in [-0.15, -0.1) is 11.3 Å². The Bertz CT molecular complexity index is 378. The molecule has 0 radical (unpaired) electrons. The Hall–Kier alpha value is -0.820. The van der Waals surface area contributed by atoms with Gasteiger partial charge in [-0.05, 0) is 23.4 Å². The largest absolute Gasteiger partial charge is 0.147 e. The Morgan fingerprint density at radius 1 is 1.23 bits per heavy atom. The summed E-state index contributed by atoms with van der Waals surface area (Å²) in [4.78, 5) is 1.48. The van der Waals surface area contributed by atoms with Gasteiger partial charge >= 0.3 is 0 Å². The monoisotopic (exact) mass is 190 g/mol. The predicted molar refractivity (Wildman–Crippen MR) is 60.3 cm³/mol. The van der Waals surface area contributed by atoms with Crippen molar-refractivity contribution in [2.75, 3.05) is 0 Å². The molecule has 0 spiro atoms. The second-order valence-electron chi connectivity index (χ2n) is 4.10. The Morgan fingerprint density at radius 2 is 2.00 bits per heavy atom. The van der Waals surface area contributed by atoms with Crippen molar-refractivity contribution < 1.29 is 0 Å². The summed E-state index contributed by atoms with van der Waals surface area (Å²) in [6.07, 6.45) is 8.76. The van der Waals surface area contributed by atoms with Crippen LogP contribution in [0, 0.1) is 6.92 Å². The van der Waals surface area contributed by atoms with Gasteiger partial charge in [-0.1, -0.05) is 38.2 Å². The number of hydrogen-bond acceptors (Lipinski definition) is 1. The lowest BCUT2D eigenvalue weighted by Gasteiger charge is -2.18. The molecule has 0 saturated carbocycles. The topological polar surface area (TPSA) is 0 Å². The van der Waals surface area contributed by atoms with E-state index in [1.165, 1.54) is 16.0 Å². The first-order valence-electron chi connectivity index (χ1n) is 4.56. The third-order valence-corrected chi connectivity index (χ3v) is 3.95. The molecule has 1 aliphatic carbocycles. The van der Waals surface area contributed by atoms with E-state index in [-0.39, 0.29) is 5.41 Å². The molecule has 13 heavy (non-hydrogen) atoms. The molecule has 0 bridgehead atoms. The zero-order chi connectivity index (χ0) is 9.47. The summed E-state index contributed by atoms with van der Waals surface area (Å²) in [6, 6.07) is 0. The molecular formula is C12H14S. The van der Waals surface area contributed by atoms with E-state index in [1.54, 1.807) is 0 Å². The second-order valence-corrected chi connectivity index (χ2v) is 4.98. The summed E-state index contributed by atoms with van der Waals surface area (Å²) in [5.74, 6) is 0. The highest BCUT2D eigenvalue weighted by Gasteiger charge is 2.23. The molecule has 0 saturated heterocycles. The van der Waals surface area contributed by atoms with Crippen LogP contribution in [-0.4, -0.2) is 0 Å². The number of fused-ring (bicyclic) bond motifs is 1. The van der Waals surface area contributed by atoms with E-state index >= 15 is 0 Å². The minimum absolute atomic E-state index is 0.192. The fourth-order valence-corrected chi connectivity index (χ4v) is 2.83. The summed E-state index contributed by atoms with van der Waals surface area (Å²) in [5.41, 5.74) is 3.01. The Kier molecular flexibility index (Phi) is 1.92. The lowest BCUT2D eigenvalue weighted by Crippen LogP contribution is -2.11. The Labute approximate surface area is 83.6 Å². The normalized spacial score (nSPS) is 18.4. The number of allylic oxidation sites excluding steroid dienone is 3. The van der Waals surface area contributed by atoms with Crippen LogP contribution < -0.4 is 0 Å². The van der Waals surface area contributed by atoms with Crippen LogP contribution in [0.1, 0.15) is 29.9 Å². The number of aryl methyl sites for hydroxylation is 1. The van der Waals surface area contributed by atoms with Crippen molar-refractivity contribution in [2.24, 2.45) is 0 Å². The highest BCUT2D eigenvalue weighted by Crippen LogP contribution is 2.37. The standard InChI is InChI=1S/C12H14S/c1-9-8-13-11-10(9)6-4-5-7-12(11,2)3/h4-8H,1-3H3. The average molecular weight is 190 g/mol. The van der Waals surface area contributed by atoms with Gasteiger partial charge in [0, 0.05) is 10.3 Å². The predicted octanol–water partition coefficient (Wildman–Crippen LogP) is 3.92. The van der Waals surface area contributed by atoms with Crippen LogP contribution in [0.25, 0.3) is 6.08 Å². The molecule has 0 nitrogen and oxygen atoms in total. The van der Waals surface area contributed by atoms with E-state index in [0.717, 1.165) is 0 Å². The molecule has 0 aliphatic heterocycles. The maximum atomic E-state index is 2.27. The Balaban J connectivity index is 2.65. The van der Waals surface area contributed by atoms with Crippen LogP contribution >= 0.6 is 11.3 Å². The first-order chi connectivity index (χ1) is 6.11. The molecule has 0 aromatic carbocycles. The van der Waals surface area contributed by atoms with E-state index in [2.05, 4.69) is 50.5 Å². The molecule has 1 aromatic heterocycles. The third kappa shape index (κ3) is 1.37. The Morgan fingerprint density at radius 3 is 2.77 bits per heavy atom. The summed E-state index contributed by atoms with van der Waals surface area (Å²) < 4.78 is 0. The van der Waals surface area contributed by atoms with Gasteiger partial charge < -0.3 is 0 Å². The van der Waals surface area contributed by atoms with Gasteiger partial charge in [0.1, 0.15) is 0 Å². The van der Waals surface area contributed by atoms with Crippen molar-refractivity contribution in [1.29, 1.82) is 0 Å². The summed E-state index contributed by atoms with van der Waals surface area (Å²) >= 11 is 1.87. The minimum atomic E-state index is 0.192. The molecule has 1 heteroatoms. The number of thiophene rings is 1. The molecule has 0 unspecified atom stereocenters. The maximum absolute atomic E-state index is 2.27. The van der Waals surface area contributed by atoms with Crippen LogP contribution in [0.5, 0.6) is 0 Å². The van der Waals surface area contributed by atoms with Crippen molar-refractivity contribution >= 4 is 17.4 Å². The van der Waals surface area contributed by atoms with Crippen LogP contribution in [-0.2, 0) is 5.41 Å². The van der Waals surface area contributed by atoms with Gasteiger partial charge in [0.25, 0.3) is 0 Å². The van der Waals surface area contributed by atoms with E-state index in [9.17, 15) is 0 Å². The van der Waals surface area contributed by atoms with Gasteiger partial charge in [-0.2, -0.15) is 0 Å². The number of hydrogen-bond donors (Lipinski definition) is 0. The summed E-state index contributed by atoms with van der Waals surface area (Å²) in [7, 11) is 0. The van der Waals surface area contributed by atoms with Crippen molar-refractivity contribution in [3.63, 3.8) is 0 Å². The van der Waals surface area contributed by atoms with Crippen molar-refractivity contribution in [3.05, 3.63) is 39.6 Å². The quantitative estimate of drug-likeness (QED) is 0.581. The van der Waals surface area contributed by atoms with Crippen LogP contribution in [0.3, 0.4) is 0 Å². The molecule has 0 N–H and O–H groups in total. The molecule has 0 atom stereocenters. The highest BCUT2D eigenvalue weighted by atomic mass is 32.1. The SMILES string of the molecule is Cc1csc2c1C=CC=CC2(C)C. The van der Waals surface area contributed by atoms with Gasteiger partial charge in [-0.3, -0.25) is 0 Å². The first kappa shape index (κ1) is 8.76. The molecule has 1 aromatic rings. The first-order valence-corrected chi connectivity index (χ1v) is 5.44. The molecule has 1 aliphatic rings. The lowest BCUT2D eigenvalue weighted by atomic mass is 9.89.